The van der Waals surface area contributed by atoms with E-state index >= 15 is 0 Å². The van der Waals surface area contributed by atoms with E-state index in [1.54, 1.807) is 0 Å². The third-order valence-electron chi connectivity index (χ3n) is 0.510. The average Bonchev–Trinajstić information content (AvgIpc) is 1.59. The number of terminal acetylenes is 1. The number of nitrogens with one attached hydrogen (secondary N) is 2. The Kier molecular flexibility index (Phi) is 2.36. The van der Waals surface area contributed by atoms with Crippen molar-refractivity contribution in [1.29, 1.82) is 0 Å². The lowest BCUT2D eigenvalue weighted by Gasteiger charge is -2.18. The summed E-state index contributed by atoms with van der Waals surface area (Å²) in [4.78, 5) is 0. The van der Waals surface area contributed by atoms with Crippen molar-refractivity contribution in [2.75, 3.05) is 0 Å². The van der Waals surface area contributed by atoms with E-state index in [4.69, 9.17) is 6.42 Å². The van der Waals surface area contributed by atoms with Gasteiger partial charge in [0, 0.05) is 11.6 Å². The molecule has 0 amide bonds. The normalized spacial score (nSPS) is 10.2. The first-order valence-electron chi connectivity index (χ1n) is 2.54. The fraction of sp³-hybridized carbons (Fsp3) is 0.667. The molecule has 0 bridgehead atoms. The zero-order valence-electron chi connectivity index (χ0n) is 5.58. The van der Waals surface area contributed by atoms with Crippen molar-refractivity contribution in [3.63, 3.8) is 0 Å². The van der Waals surface area contributed by atoms with Crippen LogP contribution in [0.2, 0.25) is 0 Å². The van der Waals surface area contributed by atoms with Crippen LogP contribution < -0.4 is 10.9 Å². The minimum atomic E-state index is 0.0480. The van der Waals surface area contributed by atoms with Crippen LogP contribution in [0, 0.1) is 12.5 Å². The Labute approximate surface area is 50.6 Å². The van der Waals surface area contributed by atoms with Gasteiger partial charge in [0.15, 0.2) is 0 Å². The summed E-state index contributed by atoms with van der Waals surface area (Å²) in [5.41, 5.74) is 5.50. The van der Waals surface area contributed by atoms with Gasteiger partial charge < -0.3 is 0 Å². The highest BCUT2D eigenvalue weighted by molar-refractivity contribution is 4.80. The van der Waals surface area contributed by atoms with Crippen molar-refractivity contribution < 1.29 is 0 Å². The molecule has 2 heteroatoms. The predicted molar refractivity (Wildman–Crippen MR) is 34.9 cm³/mol. The van der Waals surface area contributed by atoms with Crippen molar-refractivity contribution in [2.45, 2.75) is 26.3 Å². The minimum absolute atomic E-state index is 0.0480. The van der Waals surface area contributed by atoms with Crippen LogP contribution >= 0.6 is 0 Å². The summed E-state index contributed by atoms with van der Waals surface area (Å²) in [7, 11) is 0. The molecule has 0 aliphatic rings. The lowest BCUT2D eigenvalue weighted by atomic mass is 10.1. The Hall–Kier alpha value is -0.680. The Morgan fingerprint density at radius 2 is 1.88 bits per heavy atom. The van der Waals surface area contributed by atoms with Crippen molar-refractivity contribution in [2.24, 2.45) is 0 Å². The maximum atomic E-state index is 4.91. The van der Waals surface area contributed by atoms with Crippen molar-refractivity contribution in [3.05, 3.63) is 0 Å². The van der Waals surface area contributed by atoms with E-state index in [1.165, 1.54) is 0 Å². The Balaban J connectivity index is 3.28. The van der Waals surface area contributed by atoms with Crippen LogP contribution in [-0.4, -0.2) is 5.54 Å². The maximum absolute atomic E-state index is 4.91. The molecule has 0 aliphatic carbocycles. The molecule has 8 heavy (non-hydrogen) atoms. The Morgan fingerprint density at radius 3 is 2.00 bits per heavy atom. The number of hydrogen-bond donors (Lipinski definition) is 2. The average molecular weight is 112 g/mol. The first-order chi connectivity index (χ1) is 3.56. The van der Waals surface area contributed by atoms with E-state index in [9.17, 15) is 0 Å². The van der Waals surface area contributed by atoms with Crippen LogP contribution in [0.15, 0.2) is 0 Å². The number of hydrazine groups is 1. The summed E-state index contributed by atoms with van der Waals surface area (Å²) in [6.07, 6.45) is 4.91. The van der Waals surface area contributed by atoms with Gasteiger partial charge in [0.2, 0.25) is 0 Å². The zero-order valence-corrected chi connectivity index (χ0v) is 5.58. The quantitative estimate of drug-likeness (QED) is 0.293. The molecule has 0 aromatic heterocycles. The van der Waals surface area contributed by atoms with Crippen LogP contribution in [0.3, 0.4) is 0 Å². The van der Waals surface area contributed by atoms with Crippen molar-refractivity contribution >= 4 is 0 Å². The molecule has 0 unspecified atom stereocenters. The van der Waals surface area contributed by atoms with E-state index in [0.717, 1.165) is 0 Å². The zero-order chi connectivity index (χ0) is 6.62. The molecule has 0 radical (unpaired) electrons. The molecule has 0 atom stereocenters. The van der Waals surface area contributed by atoms with E-state index < -0.39 is 0 Å². The van der Waals surface area contributed by atoms with Crippen molar-refractivity contribution in [1.82, 2.24) is 10.9 Å². The number of hydrogen-bond acceptors (Lipinski definition) is 2. The van der Waals surface area contributed by atoms with Gasteiger partial charge in [-0.3, -0.25) is 5.43 Å². The fourth-order valence-electron chi connectivity index (χ4n) is 0.224. The van der Waals surface area contributed by atoms with Gasteiger partial charge in [-0.25, -0.2) is 5.43 Å². The van der Waals surface area contributed by atoms with Gasteiger partial charge in [0.1, 0.15) is 0 Å². The van der Waals surface area contributed by atoms with Gasteiger partial charge in [-0.15, -0.1) is 0 Å². The molecule has 0 saturated carbocycles. The molecule has 2 nitrogen and oxygen atoms in total. The topological polar surface area (TPSA) is 24.1 Å². The summed E-state index contributed by atoms with van der Waals surface area (Å²) in [5.74, 6) is 0. The lowest BCUT2D eigenvalue weighted by molar-refractivity contribution is 0.399. The second-order valence-corrected chi connectivity index (χ2v) is 2.64. The van der Waals surface area contributed by atoms with Crippen LogP contribution in [0.25, 0.3) is 0 Å². The molecular formula is C6H12N2. The molecule has 2 N–H and O–H groups in total. The second-order valence-electron chi connectivity index (χ2n) is 2.64. The van der Waals surface area contributed by atoms with Crippen molar-refractivity contribution in [3.8, 4) is 12.5 Å². The van der Waals surface area contributed by atoms with E-state index in [-0.39, 0.29) is 5.54 Å². The van der Waals surface area contributed by atoms with Gasteiger partial charge in [0.05, 0.1) is 0 Å². The third kappa shape index (κ3) is 5.32. The number of rotatable bonds is 1. The molecule has 0 saturated heterocycles. The van der Waals surface area contributed by atoms with Gasteiger partial charge in [-0.2, -0.15) is 0 Å². The highest BCUT2D eigenvalue weighted by atomic mass is 15.4. The minimum Gasteiger partial charge on any atom is -0.280 e. The molecule has 0 spiro atoms. The molecule has 0 heterocycles. The second kappa shape index (κ2) is 2.58. The van der Waals surface area contributed by atoms with Crippen LogP contribution in [0.4, 0.5) is 0 Å². The van der Waals surface area contributed by atoms with E-state index in [0.29, 0.717) is 0 Å². The monoisotopic (exact) mass is 112 g/mol. The molecule has 46 valence electrons. The maximum Gasteiger partial charge on any atom is 0.0293 e. The van der Waals surface area contributed by atoms with Crippen LogP contribution in [0.1, 0.15) is 20.8 Å². The molecule has 0 aromatic rings. The summed E-state index contributed by atoms with van der Waals surface area (Å²) < 4.78 is 0. The van der Waals surface area contributed by atoms with Crippen LogP contribution in [-0.2, 0) is 0 Å². The Bertz CT molecular complexity index is 94.1. The van der Waals surface area contributed by atoms with Gasteiger partial charge in [0.25, 0.3) is 0 Å². The SMILES string of the molecule is C#CNNC(C)(C)C. The highest BCUT2D eigenvalue weighted by Crippen LogP contribution is 1.94. The molecular weight excluding hydrogens is 100 g/mol. The molecule has 0 rings (SSSR count). The summed E-state index contributed by atoms with van der Waals surface area (Å²) >= 11 is 0. The summed E-state index contributed by atoms with van der Waals surface area (Å²) in [5, 5.41) is 0. The Morgan fingerprint density at radius 1 is 1.38 bits per heavy atom. The lowest BCUT2D eigenvalue weighted by Crippen LogP contribution is -2.43. The van der Waals surface area contributed by atoms with Gasteiger partial charge in [-0.1, -0.05) is 6.42 Å². The summed E-state index contributed by atoms with van der Waals surface area (Å²) in [6.45, 7) is 6.08. The fourth-order valence-corrected chi connectivity index (χ4v) is 0.224. The summed E-state index contributed by atoms with van der Waals surface area (Å²) in [6, 6.07) is 2.26. The van der Waals surface area contributed by atoms with E-state index in [2.05, 4.69) is 16.9 Å². The highest BCUT2D eigenvalue weighted by Gasteiger charge is 2.05. The first kappa shape index (κ1) is 7.32. The van der Waals surface area contributed by atoms with E-state index in [1.807, 2.05) is 20.8 Å². The van der Waals surface area contributed by atoms with Gasteiger partial charge in [-0.05, 0) is 20.8 Å². The molecule has 0 aromatic carbocycles. The largest absolute Gasteiger partial charge is 0.280 e. The molecule has 0 aliphatic heterocycles. The first-order valence-corrected chi connectivity index (χ1v) is 2.54. The van der Waals surface area contributed by atoms with Gasteiger partial charge >= 0.3 is 0 Å². The van der Waals surface area contributed by atoms with Crippen LogP contribution in [0.5, 0.6) is 0 Å². The smallest absolute Gasteiger partial charge is 0.0293 e. The molecule has 0 fully saturated rings. The predicted octanol–water partition coefficient (Wildman–Crippen LogP) is 0.470. The standard InChI is InChI=1S/C6H12N2/c1-5-7-8-6(2,3)4/h1,7-8H,2-4H3. The third-order valence-corrected chi connectivity index (χ3v) is 0.510.